The van der Waals surface area contributed by atoms with Crippen LogP contribution in [0.4, 0.5) is 4.79 Å². The number of carbonyl (C=O) groups is 2. The Kier molecular flexibility index (Phi) is 4.94. The van der Waals surface area contributed by atoms with Gasteiger partial charge >= 0.3 is 6.09 Å². The minimum absolute atomic E-state index is 0.0632. The predicted molar refractivity (Wildman–Crippen MR) is 81.1 cm³/mol. The van der Waals surface area contributed by atoms with Gasteiger partial charge in [-0.2, -0.15) is 5.26 Å². The smallest absolute Gasteiger partial charge is 0.405 e. The maximum atomic E-state index is 11.7. The van der Waals surface area contributed by atoms with Gasteiger partial charge in [-0.25, -0.2) is 4.79 Å². The number of carboxylic acid groups (broad SMARTS) is 1. The fourth-order valence-electron chi connectivity index (χ4n) is 2.22. The zero-order chi connectivity index (χ0) is 15.9. The predicted octanol–water partition coefficient (Wildman–Crippen LogP) is 2.18. The van der Waals surface area contributed by atoms with E-state index in [1.807, 2.05) is 42.5 Å². The summed E-state index contributed by atoms with van der Waals surface area (Å²) in [5.74, 6) is -0.381. The fraction of sp³-hybridized carbons (Fsp3) is 0.188. The molecule has 0 aromatic heterocycles. The molecule has 2 amide bonds. The van der Waals surface area contributed by atoms with Crippen LogP contribution >= 0.6 is 0 Å². The van der Waals surface area contributed by atoms with Crippen molar-refractivity contribution in [3.8, 4) is 6.07 Å². The van der Waals surface area contributed by atoms with Gasteiger partial charge < -0.3 is 15.7 Å². The van der Waals surface area contributed by atoms with Crippen LogP contribution in [0, 0.1) is 11.3 Å². The lowest BCUT2D eigenvalue weighted by atomic mass is 9.99. The van der Waals surface area contributed by atoms with Crippen molar-refractivity contribution in [3.05, 3.63) is 48.0 Å². The van der Waals surface area contributed by atoms with Gasteiger partial charge in [0, 0.05) is 0 Å². The number of nitrogens with one attached hydrogen (secondary N) is 2. The van der Waals surface area contributed by atoms with E-state index < -0.39 is 12.1 Å². The maximum Gasteiger partial charge on any atom is 0.405 e. The van der Waals surface area contributed by atoms with Crippen molar-refractivity contribution in [2.75, 3.05) is 6.54 Å². The first-order valence-corrected chi connectivity index (χ1v) is 6.72. The Morgan fingerprint density at radius 3 is 2.59 bits per heavy atom. The number of rotatable bonds is 5. The lowest BCUT2D eigenvalue weighted by Crippen LogP contribution is -2.33. The number of nitrogens with zero attached hydrogens (tertiary/aromatic N) is 1. The van der Waals surface area contributed by atoms with E-state index in [0.29, 0.717) is 5.56 Å². The lowest BCUT2D eigenvalue weighted by molar-refractivity contribution is -0.121. The number of amides is 2. The van der Waals surface area contributed by atoms with Gasteiger partial charge in [-0.3, -0.25) is 4.79 Å². The molecule has 0 heterocycles. The Hall–Kier alpha value is -3.07. The molecule has 3 N–H and O–H groups in total. The molecule has 1 atom stereocenters. The second-order valence-corrected chi connectivity index (χ2v) is 4.75. The van der Waals surface area contributed by atoms with Crippen molar-refractivity contribution >= 4 is 22.8 Å². The third kappa shape index (κ3) is 3.96. The first-order valence-electron chi connectivity index (χ1n) is 6.72. The molecule has 0 saturated heterocycles. The number of fused-ring (bicyclic) bond motifs is 1. The number of hydrogen-bond acceptors (Lipinski definition) is 3. The summed E-state index contributed by atoms with van der Waals surface area (Å²) in [7, 11) is 0. The second kappa shape index (κ2) is 7.09. The van der Waals surface area contributed by atoms with Crippen LogP contribution in [0.2, 0.25) is 0 Å². The summed E-state index contributed by atoms with van der Waals surface area (Å²) >= 11 is 0. The van der Waals surface area contributed by atoms with E-state index in [0.717, 1.165) is 10.8 Å². The summed E-state index contributed by atoms with van der Waals surface area (Å²) < 4.78 is 0. The van der Waals surface area contributed by atoms with E-state index >= 15 is 0 Å². The third-order valence-electron chi connectivity index (χ3n) is 3.23. The minimum Gasteiger partial charge on any atom is -0.465 e. The Morgan fingerprint density at radius 2 is 1.91 bits per heavy atom. The van der Waals surface area contributed by atoms with Gasteiger partial charge in [0.1, 0.15) is 6.54 Å². The molecule has 0 spiro atoms. The first kappa shape index (κ1) is 15.3. The molecule has 0 radical (unpaired) electrons. The quantitative estimate of drug-likeness (QED) is 0.736. The Balaban J connectivity index is 2.24. The van der Waals surface area contributed by atoms with Crippen molar-refractivity contribution in [2.45, 2.75) is 12.5 Å². The van der Waals surface area contributed by atoms with Crippen molar-refractivity contribution in [2.24, 2.45) is 0 Å². The van der Waals surface area contributed by atoms with Gasteiger partial charge in [0.2, 0.25) is 5.91 Å². The summed E-state index contributed by atoms with van der Waals surface area (Å²) in [4.78, 5) is 22.7. The molecule has 2 aromatic rings. The molecular weight excluding hydrogens is 282 g/mol. The molecular formula is C16H15N3O3. The monoisotopic (exact) mass is 297 g/mol. The molecule has 22 heavy (non-hydrogen) atoms. The summed E-state index contributed by atoms with van der Waals surface area (Å²) in [5.41, 5.74) is 0.702. The Labute approximate surface area is 127 Å². The molecule has 2 aromatic carbocycles. The van der Waals surface area contributed by atoms with E-state index in [1.165, 1.54) is 0 Å². The fourth-order valence-corrected chi connectivity index (χ4v) is 2.22. The summed E-state index contributed by atoms with van der Waals surface area (Å²) in [6.45, 7) is -0.101. The van der Waals surface area contributed by atoms with Crippen molar-refractivity contribution in [3.63, 3.8) is 0 Å². The molecule has 1 unspecified atom stereocenters. The Bertz CT molecular complexity index is 737. The normalized spacial score (nSPS) is 11.4. The van der Waals surface area contributed by atoms with Crippen LogP contribution in [0.3, 0.4) is 0 Å². The molecule has 0 aliphatic carbocycles. The zero-order valence-electron chi connectivity index (χ0n) is 11.7. The van der Waals surface area contributed by atoms with E-state index in [4.69, 9.17) is 10.4 Å². The topological polar surface area (TPSA) is 102 Å². The molecule has 0 aliphatic rings. The highest BCUT2D eigenvalue weighted by molar-refractivity contribution is 5.84. The van der Waals surface area contributed by atoms with E-state index in [1.54, 1.807) is 6.07 Å². The van der Waals surface area contributed by atoms with E-state index in [2.05, 4.69) is 10.6 Å². The van der Waals surface area contributed by atoms with Gasteiger partial charge in [0.05, 0.1) is 18.5 Å². The van der Waals surface area contributed by atoms with Gasteiger partial charge in [-0.1, -0.05) is 36.4 Å². The highest BCUT2D eigenvalue weighted by Crippen LogP contribution is 2.22. The summed E-state index contributed by atoms with van der Waals surface area (Å²) in [5, 5.41) is 24.2. The average molecular weight is 297 g/mol. The highest BCUT2D eigenvalue weighted by Gasteiger charge is 2.18. The zero-order valence-corrected chi connectivity index (χ0v) is 11.7. The number of nitriles is 1. The molecule has 6 nitrogen and oxygen atoms in total. The molecule has 112 valence electrons. The van der Waals surface area contributed by atoms with Gasteiger partial charge in [0.25, 0.3) is 0 Å². The molecule has 6 heteroatoms. The summed E-state index contributed by atoms with van der Waals surface area (Å²) in [6, 6.07) is 14.4. The van der Waals surface area contributed by atoms with E-state index in [-0.39, 0.29) is 18.9 Å². The van der Waals surface area contributed by atoms with Crippen LogP contribution in [0.15, 0.2) is 42.5 Å². The van der Waals surface area contributed by atoms with Gasteiger partial charge in [-0.05, 0) is 22.4 Å². The lowest BCUT2D eigenvalue weighted by Gasteiger charge is -2.17. The molecule has 2 rings (SSSR count). The van der Waals surface area contributed by atoms with Crippen LogP contribution in [0.1, 0.15) is 18.0 Å². The van der Waals surface area contributed by atoms with E-state index in [9.17, 15) is 9.59 Å². The second-order valence-electron chi connectivity index (χ2n) is 4.75. The molecule has 0 fully saturated rings. The third-order valence-corrected chi connectivity index (χ3v) is 3.23. The molecule has 0 bridgehead atoms. The number of benzene rings is 2. The van der Waals surface area contributed by atoms with Crippen LogP contribution in [-0.2, 0) is 4.79 Å². The van der Waals surface area contributed by atoms with Crippen LogP contribution < -0.4 is 10.6 Å². The van der Waals surface area contributed by atoms with Crippen LogP contribution in [0.25, 0.3) is 10.8 Å². The van der Waals surface area contributed by atoms with Gasteiger partial charge in [0.15, 0.2) is 0 Å². The molecule has 0 saturated carbocycles. The Morgan fingerprint density at radius 1 is 1.18 bits per heavy atom. The highest BCUT2D eigenvalue weighted by atomic mass is 16.4. The van der Waals surface area contributed by atoms with Crippen molar-refractivity contribution in [1.82, 2.24) is 10.6 Å². The summed E-state index contributed by atoms with van der Waals surface area (Å²) in [6.07, 6.45) is -1.27. The van der Waals surface area contributed by atoms with Crippen molar-refractivity contribution in [1.29, 1.82) is 5.26 Å². The average Bonchev–Trinajstić information content (AvgIpc) is 2.51. The van der Waals surface area contributed by atoms with Crippen LogP contribution in [-0.4, -0.2) is 23.7 Å². The maximum absolute atomic E-state index is 11.7. The van der Waals surface area contributed by atoms with Crippen molar-refractivity contribution < 1.29 is 14.7 Å². The number of hydrogen-bond donors (Lipinski definition) is 3. The standard InChI is InChI=1S/C16H15N3O3/c17-7-8-18-15(20)10-14(19-16(21)22)13-6-5-11-3-1-2-4-12(11)9-13/h1-6,9,14,19H,8,10H2,(H,18,20)(H,21,22). The first-order chi connectivity index (χ1) is 10.6. The van der Waals surface area contributed by atoms with Crippen LogP contribution in [0.5, 0.6) is 0 Å². The largest absolute Gasteiger partial charge is 0.465 e. The molecule has 0 aliphatic heterocycles. The minimum atomic E-state index is -1.20. The SMILES string of the molecule is N#CCNC(=O)CC(NC(=O)O)c1ccc2ccccc2c1. The van der Waals surface area contributed by atoms with Gasteiger partial charge in [-0.15, -0.1) is 0 Å². The number of carbonyl (C=O) groups excluding carboxylic acids is 1.